The summed E-state index contributed by atoms with van der Waals surface area (Å²) in [7, 11) is 0. The van der Waals surface area contributed by atoms with Crippen molar-refractivity contribution in [2.24, 2.45) is 0 Å². The number of carbonyl (C=O) groups is 2. The predicted octanol–water partition coefficient (Wildman–Crippen LogP) is 0.637. The second kappa shape index (κ2) is 6.19. The number of thiazole rings is 1. The summed E-state index contributed by atoms with van der Waals surface area (Å²) in [6.07, 6.45) is 0.641. The van der Waals surface area contributed by atoms with E-state index in [2.05, 4.69) is 10.3 Å². The first-order valence-electron chi connectivity index (χ1n) is 5.22. The Morgan fingerprint density at radius 3 is 2.82 bits per heavy atom. The van der Waals surface area contributed by atoms with E-state index < -0.39 is 5.97 Å². The largest absolute Gasteiger partial charge is 0.481 e. The van der Waals surface area contributed by atoms with Crippen LogP contribution < -0.4 is 11.1 Å². The topological polar surface area (TPSA) is 105 Å². The molecule has 94 valence electrons. The summed E-state index contributed by atoms with van der Waals surface area (Å²) in [6.45, 7) is 1.83. The zero-order valence-corrected chi connectivity index (χ0v) is 10.3. The maximum absolute atomic E-state index is 11.6. The molecule has 1 aromatic rings. The lowest BCUT2D eigenvalue weighted by Crippen LogP contribution is -2.37. The van der Waals surface area contributed by atoms with Crippen LogP contribution in [-0.4, -0.2) is 28.0 Å². The molecule has 1 atom stereocenters. The van der Waals surface area contributed by atoms with Crippen LogP contribution in [0.15, 0.2) is 5.38 Å². The molecule has 0 radical (unpaired) electrons. The molecule has 7 heteroatoms. The van der Waals surface area contributed by atoms with Gasteiger partial charge >= 0.3 is 5.97 Å². The number of aromatic nitrogens is 1. The molecule has 0 bridgehead atoms. The zero-order valence-electron chi connectivity index (χ0n) is 9.47. The third-order valence-electron chi connectivity index (χ3n) is 2.19. The average molecular weight is 257 g/mol. The van der Waals surface area contributed by atoms with Crippen molar-refractivity contribution in [2.75, 3.05) is 5.73 Å². The van der Waals surface area contributed by atoms with Crippen LogP contribution in [-0.2, 0) is 16.0 Å². The number of rotatable bonds is 6. The smallest absolute Gasteiger partial charge is 0.305 e. The summed E-state index contributed by atoms with van der Waals surface area (Å²) in [5.41, 5.74) is 6.05. The van der Waals surface area contributed by atoms with Gasteiger partial charge in [0.15, 0.2) is 5.13 Å². The first kappa shape index (κ1) is 13.4. The molecule has 0 saturated carbocycles. The minimum absolute atomic E-state index is 0.0680. The Kier molecular flexibility index (Phi) is 4.89. The van der Waals surface area contributed by atoms with E-state index >= 15 is 0 Å². The van der Waals surface area contributed by atoms with Gasteiger partial charge in [0.25, 0.3) is 0 Å². The summed E-state index contributed by atoms with van der Waals surface area (Å²) in [6, 6.07) is -0.337. The molecular formula is C10H15N3O3S. The second-order valence-electron chi connectivity index (χ2n) is 3.62. The van der Waals surface area contributed by atoms with Gasteiger partial charge in [-0.25, -0.2) is 4.98 Å². The molecule has 0 aliphatic carbocycles. The number of aliphatic carboxylic acids is 1. The van der Waals surface area contributed by atoms with E-state index in [4.69, 9.17) is 10.8 Å². The molecule has 1 amide bonds. The second-order valence-corrected chi connectivity index (χ2v) is 4.51. The van der Waals surface area contributed by atoms with Crippen LogP contribution in [0.25, 0.3) is 0 Å². The average Bonchev–Trinajstić information content (AvgIpc) is 2.62. The van der Waals surface area contributed by atoms with Crippen molar-refractivity contribution in [2.45, 2.75) is 32.2 Å². The number of hydrogen-bond acceptors (Lipinski definition) is 5. The van der Waals surface area contributed by atoms with Crippen LogP contribution in [0.5, 0.6) is 0 Å². The highest BCUT2D eigenvalue weighted by molar-refractivity contribution is 7.13. The highest BCUT2D eigenvalue weighted by Crippen LogP contribution is 2.11. The quantitative estimate of drug-likeness (QED) is 0.693. The van der Waals surface area contributed by atoms with Gasteiger partial charge in [-0.2, -0.15) is 0 Å². The third kappa shape index (κ3) is 4.81. The maximum Gasteiger partial charge on any atom is 0.305 e. The number of anilines is 1. The summed E-state index contributed by atoms with van der Waals surface area (Å²) in [5.74, 6) is -1.15. The first-order valence-corrected chi connectivity index (χ1v) is 6.10. The lowest BCUT2D eigenvalue weighted by atomic mass is 10.1. The fourth-order valence-corrected chi connectivity index (χ4v) is 1.92. The number of nitrogens with one attached hydrogen (secondary N) is 1. The molecule has 6 nitrogen and oxygen atoms in total. The molecule has 1 unspecified atom stereocenters. The number of hydrogen-bond donors (Lipinski definition) is 3. The molecule has 0 aliphatic heterocycles. The molecule has 0 fully saturated rings. The Hall–Kier alpha value is -1.63. The number of nitrogens with zero attached hydrogens (tertiary/aromatic N) is 1. The van der Waals surface area contributed by atoms with Crippen molar-refractivity contribution in [1.29, 1.82) is 0 Å². The fraction of sp³-hybridized carbons (Fsp3) is 0.500. The summed E-state index contributed by atoms with van der Waals surface area (Å²) in [5, 5.41) is 13.4. The van der Waals surface area contributed by atoms with Gasteiger partial charge in [0.05, 0.1) is 18.5 Å². The zero-order chi connectivity index (χ0) is 12.8. The monoisotopic (exact) mass is 257 g/mol. The lowest BCUT2D eigenvalue weighted by molar-refractivity contribution is -0.137. The number of nitrogen functional groups attached to an aromatic ring is 1. The normalized spacial score (nSPS) is 12.1. The lowest BCUT2D eigenvalue weighted by Gasteiger charge is -2.14. The van der Waals surface area contributed by atoms with Gasteiger partial charge in [-0.05, 0) is 6.42 Å². The number of carboxylic acids is 1. The summed E-state index contributed by atoms with van der Waals surface area (Å²) < 4.78 is 0. The Morgan fingerprint density at radius 1 is 1.65 bits per heavy atom. The number of carboxylic acid groups (broad SMARTS) is 1. The van der Waals surface area contributed by atoms with Crippen LogP contribution in [0, 0.1) is 0 Å². The first-order chi connectivity index (χ1) is 8.01. The van der Waals surface area contributed by atoms with Crippen LogP contribution in [0.2, 0.25) is 0 Å². The maximum atomic E-state index is 11.6. The van der Waals surface area contributed by atoms with Crippen LogP contribution in [0.3, 0.4) is 0 Å². The van der Waals surface area contributed by atoms with Crippen molar-refractivity contribution in [3.05, 3.63) is 11.1 Å². The van der Waals surface area contributed by atoms with E-state index in [9.17, 15) is 9.59 Å². The number of amides is 1. The molecule has 1 rings (SSSR count). The van der Waals surface area contributed by atoms with E-state index in [1.165, 1.54) is 11.3 Å². The van der Waals surface area contributed by atoms with Crippen molar-refractivity contribution < 1.29 is 14.7 Å². The van der Waals surface area contributed by atoms with Gasteiger partial charge in [-0.1, -0.05) is 6.92 Å². The molecule has 0 aromatic carbocycles. The van der Waals surface area contributed by atoms with Gasteiger partial charge in [-0.15, -0.1) is 11.3 Å². The van der Waals surface area contributed by atoms with E-state index in [0.29, 0.717) is 17.2 Å². The predicted molar refractivity (Wildman–Crippen MR) is 64.7 cm³/mol. The Bertz CT molecular complexity index is 405. The molecule has 0 saturated heterocycles. The van der Waals surface area contributed by atoms with Crippen molar-refractivity contribution >= 4 is 28.3 Å². The van der Waals surface area contributed by atoms with Crippen molar-refractivity contribution in [3.63, 3.8) is 0 Å². The van der Waals surface area contributed by atoms with E-state index in [-0.39, 0.29) is 24.8 Å². The molecule has 0 spiro atoms. The Balaban J connectivity index is 2.45. The summed E-state index contributed by atoms with van der Waals surface area (Å²) >= 11 is 1.27. The van der Waals surface area contributed by atoms with E-state index in [1.54, 1.807) is 5.38 Å². The number of carbonyl (C=O) groups excluding carboxylic acids is 1. The standard InChI is InChI=1S/C10H15N3O3S/c1-2-6(4-9(15)16)12-8(14)3-7-5-17-10(11)13-7/h5-6H,2-4H2,1H3,(H2,11,13)(H,12,14)(H,15,16). The van der Waals surface area contributed by atoms with Crippen LogP contribution in [0.4, 0.5) is 5.13 Å². The third-order valence-corrected chi connectivity index (χ3v) is 2.91. The number of nitrogens with two attached hydrogens (primary N) is 1. The fourth-order valence-electron chi connectivity index (χ4n) is 1.36. The van der Waals surface area contributed by atoms with Crippen LogP contribution in [0.1, 0.15) is 25.5 Å². The highest BCUT2D eigenvalue weighted by Gasteiger charge is 2.14. The molecule has 1 aromatic heterocycles. The van der Waals surface area contributed by atoms with Gasteiger partial charge in [-0.3, -0.25) is 9.59 Å². The van der Waals surface area contributed by atoms with Gasteiger partial charge in [0, 0.05) is 11.4 Å². The minimum atomic E-state index is -0.921. The van der Waals surface area contributed by atoms with Crippen LogP contribution >= 0.6 is 11.3 Å². The minimum Gasteiger partial charge on any atom is -0.481 e. The highest BCUT2D eigenvalue weighted by atomic mass is 32.1. The van der Waals surface area contributed by atoms with Gasteiger partial charge in [0.1, 0.15) is 0 Å². The molecule has 4 N–H and O–H groups in total. The van der Waals surface area contributed by atoms with E-state index in [0.717, 1.165) is 0 Å². The summed E-state index contributed by atoms with van der Waals surface area (Å²) in [4.78, 5) is 26.1. The van der Waals surface area contributed by atoms with Gasteiger partial charge in [0.2, 0.25) is 5.91 Å². The SMILES string of the molecule is CCC(CC(=O)O)NC(=O)Cc1csc(N)n1. The molecular weight excluding hydrogens is 242 g/mol. The van der Waals surface area contributed by atoms with Crippen molar-refractivity contribution in [3.8, 4) is 0 Å². The van der Waals surface area contributed by atoms with E-state index in [1.807, 2.05) is 6.92 Å². The van der Waals surface area contributed by atoms with Crippen molar-refractivity contribution in [1.82, 2.24) is 10.3 Å². The van der Waals surface area contributed by atoms with Gasteiger partial charge < -0.3 is 16.2 Å². The Morgan fingerprint density at radius 2 is 2.35 bits per heavy atom. The Labute approximate surface area is 103 Å². The molecule has 0 aliphatic rings. The molecule has 17 heavy (non-hydrogen) atoms. The molecule has 1 heterocycles.